The van der Waals surface area contributed by atoms with E-state index in [1.54, 1.807) is 6.92 Å². The summed E-state index contributed by atoms with van der Waals surface area (Å²) in [5.74, 6) is 0.526. The average molecular weight is 298 g/mol. The molecule has 7 heteroatoms. The van der Waals surface area contributed by atoms with Crippen LogP contribution in [0, 0.1) is 0 Å². The van der Waals surface area contributed by atoms with E-state index in [4.69, 9.17) is 5.73 Å². The van der Waals surface area contributed by atoms with E-state index in [2.05, 4.69) is 15.5 Å². The number of amides is 1. The van der Waals surface area contributed by atoms with Crippen LogP contribution in [0.1, 0.15) is 32.5 Å². The molecule has 0 aliphatic carbocycles. The zero-order valence-electron chi connectivity index (χ0n) is 11.7. The molecule has 1 amide bonds. The second kappa shape index (κ2) is 6.67. The van der Waals surface area contributed by atoms with Gasteiger partial charge < -0.3 is 11.1 Å². The molecule has 0 aliphatic heterocycles. The fourth-order valence-electron chi connectivity index (χ4n) is 2.01. The van der Waals surface area contributed by atoms with Crippen LogP contribution < -0.4 is 11.1 Å². The van der Waals surface area contributed by atoms with Gasteiger partial charge in [0, 0.05) is 6.20 Å². The summed E-state index contributed by atoms with van der Waals surface area (Å²) in [6.07, 6.45) is 3.39. The number of fused-ring (bicyclic) bond motifs is 1. The lowest BCUT2D eigenvalue weighted by Crippen LogP contribution is -2.51. The van der Waals surface area contributed by atoms with Crippen molar-refractivity contribution in [1.82, 2.24) is 19.9 Å². The molecule has 0 aromatic carbocycles. The monoisotopic (exact) mass is 297 g/mol. The zero-order chi connectivity index (χ0) is 13.9. The molecule has 3 N–H and O–H groups in total. The van der Waals surface area contributed by atoms with E-state index < -0.39 is 5.54 Å². The van der Waals surface area contributed by atoms with E-state index >= 15 is 0 Å². The molecule has 0 saturated heterocycles. The molecule has 110 valence electrons. The highest BCUT2D eigenvalue weighted by molar-refractivity contribution is 5.85. The van der Waals surface area contributed by atoms with Crippen molar-refractivity contribution in [2.24, 2.45) is 5.73 Å². The molecule has 0 bridgehead atoms. The molecule has 2 aromatic rings. The van der Waals surface area contributed by atoms with Gasteiger partial charge in [-0.2, -0.15) is 0 Å². The number of nitrogens with two attached hydrogens (primary N) is 1. The van der Waals surface area contributed by atoms with Gasteiger partial charge in [-0.05, 0) is 25.5 Å². The van der Waals surface area contributed by atoms with Crippen molar-refractivity contribution in [1.29, 1.82) is 0 Å². The van der Waals surface area contributed by atoms with Gasteiger partial charge >= 0.3 is 0 Å². The first-order chi connectivity index (χ1) is 9.04. The second-order valence-electron chi connectivity index (χ2n) is 4.90. The van der Waals surface area contributed by atoms with Gasteiger partial charge in [-0.15, -0.1) is 22.6 Å². The quantitative estimate of drug-likeness (QED) is 0.871. The fourth-order valence-corrected chi connectivity index (χ4v) is 2.01. The molecule has 2 rings (SSSR count). The molecule has 0 radical (unpaired) electrons. The van der Waals surface area contributed by atoms with Gasteiger partial charge in [0.05, 0.1) is 12.1 Å². The van der Waals surface area contributed by atoms with Crippen molar-refractivity contribution < 1.29 is 4.79 Å². The van der Waals surface area contributed by atoms with Gasteiger partial charge in [0.1, 0.15) is 0 Å². The molecular formula is C13H20ClN5O. The summed E-state index contributed by atoms with van der Waals surface area (Å²) >= 11 is 0. The number of hydrogen-bond donors (Lipinski definition) is 2. The molecule has 20 heavy (non-hydrogen) atoms. The maximum absolute atomic E-state index is 12.0. The fraction of sp³-hybridized carbons (Fsp3) is 0.462. The smallest absolute Gasteiger partial charge is 0.240 e. The van der Waals surface area contributed by atoms with Crippen molar-refractivity contribution in [2.75, 3.05) is 0 Å². The summed E-state index contributed by atoms with van der Waals surface area (Å²) in [5, 5.41) is 10.9. The van der Waals surface area contributed by atoms with E-state index in [-0.39, 0.29) is 18.3 Å². The van der Waals surface area contributed by atoms with Gasteiger partial charge in [0.15, 0.2) is 11.5 Å². The topological polar surface area (TPSA) is 85.3 Å². The first kappa shape index (κ1) is 16.4. The second-order valence-corrected chi connectivity index (χ2v) is 4.90. The molecule has 0 aliphatic rings. The third-order valence-corrected chi connectivity index (χ3v) is 3.08. The summed E-state index contributed by atoms with van der Waals surface area (Å²) in [4.78, 5) is 12.0. The van der Waals surface area contributed by atoms with Crippen molar-refractivity contribution in [3.05, 3.63) is 30.2 Å². The van der Waals surface area contributed by atoms with Gasteiger partial charge in [0.2, 0.25) is 5.91 Å². The molecule has 1 unspecified atom stereocenters. The van der Waals surface area contributed by atoms with Crippen LogP contribution in [-0.2, 0) is 11.3 Å². The number of nitrogens with zero attached hydrogens (tertiary/aromatic N) is 3. The van der Waals surface area contributed by atoms with Crippen LogP contribution in [0.25, 0.3) is 5.65 Å². The number of hydrogen-bond acceptors (Lipinski definition) is 4. The van der Waals surface area contributed by atoms with Crippen molar-refractivity contribution >= 4 is 24.0 Å². The van der Waals surface area contributed by atoms with Gasteiger partial charge in [-0.1, -0.05) is 19.4 Å². The number of carbonyl (C=O) groups is 1. The number of pyridine rings is 1. The Morgan fingerprint density at radius 3 is 2.90 bits per heavy atom. The lowest BCUT2D eigenvalue weighted by atomic mass is 9.97. The van der Waals surface area contributed by atoms with Crippen molar-refractivity contribution in [3.63, 3.8) is 0 Å². The third kappa shape index (κ3) is 3.46. The minimum absolute atomic E-state index is 0. The largest absolute Gasteiger partial charge is 0.347 e. The first-order valence-corrected chi connectivity index (χ1v) is 6.40. The molecule has 0 spiro atoms. The summed E-state index contributed by atoms with van der Waals surface area (Å²) in [5.41, 5.74) is 5.89. The Kier molecular flexibility index (Phi) is 5.47. The standard InChI is InChI=1S/C13H19N5O.ClH/c1-3-7-13(2,14)12(19)15-9-11-17-16-10-6-4-5-8-18(10)11;/h4-6,8H,3,7,9,14H2,1-2H3,(H,15,19);1H. The predicted molar refractivity (Wildman–Crippen MR) is 79.6 cm³/mol. The Bertz CT molecular complexity index is 581. The lowest BCUT2D eigenvalue weighted by Gasteiger charge is -2.22. The van der Waals surface area contributed by atoms with Crippen LogP contribution in [0.4, 0.5) is 0 Å². The highest BCUT2D eigenvalue weighted by Crippen LogP contribution is 2.09. The maximum Gasteiger partial charge on any atom is 0.240 e. The normalized spacial score (nSPS) is 13.6. The summed E-state index contributed by atoms with van der Waals surface area (Å²) in [7, 11) is 0. The molecule has 1 atom stereocenters. The summed E-state index contributed by atoms with van der Waals surface area (Å²) in [6, 6.07) is 5.65. The molecular weight excluding hydrogens is 278 g/mol. The van der Waals surface area contributed by atoms with Crippen LogP contribution in [0.3, 0.4) is 0 Å². The summed E-state index contributed by atoms with van der Waals surface area (Å²) in [6.45, 7) is 4.07. The van der Waals surface area contributed by atoms with Crippen LogP contribution >= 0.6 is 12.4 Å². The minimum atomic E-state index is -0.838. The molecule has 0 fully saturated rings. The van der Waals surface area contributed by atoms with Gasteiger partial charge in [0.25, 0.3) is 0 Å². The van der Waals surface area contributed by atoms with Crippen LogP contribution in [0.2, 0.25) is 0 Å². The maximum atomic E-state index is 12.0. The Morgan fingerprint density at radius 1 is 1.45 bits per heavy atom. The highest BCUT2D eigenvalue weighted by atomic mass is 35.5. The highest BCUT2D eigenvalue weighted by Gasteiger charge is 2.27. The van der Waals surface area contributed by atoms with E-state index in [1.165, 1.54) is 0 Å². The third-order valence-electron chi connectivity index (χ3n) is 3.08. The van der Waals surface area contributed by atoms with Crippen LogP contribution in [-0.4, -0.2) is 26.0 Å². The van der Waals surface area contributed by atoms with E-state index in [9.17, 15) is 4.79 Å². The Labute approximate surface area is 124 Å². The van der Waals surface area contributed by atoms with Crippen molar-refractivity contribution in [3.8, 4) is 0 Å². The number of aromatic nitrogens is 3. The lowest BCUT2D eigenvalue weighted by molar-refractivity contribution is -0.126. The predicted octanol–water partition coefficient (Wildman–Crippen LogP) is 1.28. The number of nitrogens with one attached hydrogen (secondary N) is 1. The average Bonchev–Trinajstić information content (AvgIpc) is 2.79. The zero-order valence-corrected chi connectivity index (χ0v) is 12.5. The minimum Gasteiger partial charge on any atom is -0.347 e. The SMILES string of the molecule is CCCC(C)(N)C(=O)NCc1nnc2ccccn12.Cl. The number of rotatable bonds is 5. The Balaban J connectivity index is 0.00000200. The van der Waals surface area contributed by atoms with Gasteiger partial charge in [-0.3, -0.25) is 9.20 Å². The molecule has 6 nitrogen and oxygen atoms in total. The molecule has 2 aromatic heterocycles. The van der Waals surface area contributed by atoms with E-state index in [0.717, 1.165) is 12.1 Å². The molecule has 2 heterocycles. The van der Waals surface area contributed by atoms with Gasteiger partial charge in [-0.25, -0.2) is 0 Å². The van der Waals surface area contributed by atoms with Crippen LogP contribution in [0.5, 0.6) is 0 Å². The van der Waals surface area contributed by atoms with E-state index in [0.29, 0.717) is 18.8 Å². The number of halogens is 1. The van der Waals surface area contributed by atoms with E-state index in [1.807, 2.05) is 35.7 Å². The Hall–Kier alpha value is -1.66. The van der Waals surface area contributed by atoms with Crippen molar-refractivity contribution in [2.45, 2.75) is 38.8 Å². The first-order valence-electron chi connectivity index (χ1n) is 6.40. The molecule has 0 saturated carbocycles. The number of carbonyl (C=O) groups excluding carboxylic acids is 1. The van der Waals surface area contributed by atoms with Crippen LogP contribution in [0.15, 0.2) is 24.4 Å². The Morgan fingerprint density at radius 2 is 2.20 bits per heavy atom. The summed E-state index contributed by atoms with van der Waals surface area (Å²) < 4.78 is 1.84.